The number of anilines is 1. The van der Waals surface area contributed by atoms with Crippen LogP contribution in [0.15, 0.2) is 18.2 Å². The molecule has 3 nitrogen and oxygen atoms in total. The van der Waals surface area contributed by atoms with E-state index >= 15 is 0 Å². The smallest absolute Gasteiger partial charge is 0.145 e. The normalized spacial score (nSPS) is 10.6. The summed E-state index contributed by atoms with van der Waals surface area (Å²) in [7, 11) is 0. The van der Waals surface area contributed by atoms with Crippen molar-refractivity contribution in [1.29, 1.82) is 0 Å². The lowest BCUT2D eigenvalue weighted by Gasteiger charge is -2.03. The molecule has 0 fully saturated rings. The highest BCUT2D eigenvalue weighted by Gasteiger charge is 2.03. The highest BCUT2D eigenvalue weighted by Crippen LogP contribution is 2.29. The van der Waals surface area contributed by atoms with E-state index < -0.39 is 0 Å². The van der Waals surface area contributed by atoms with E-state index in [1.54, 1.807) is 18.2 Å². The Kier molecular flexibility index (Phi) is 3.54. The summed E-state index contributed by atoms with van der Waals surface area (Å²) in [6.07, 6.45) is 4.29. The molecule has 14 heavy (non-hydrogen) atoms. The Hall–Kier alpha value is -1.48. The van der Waals surface area contributed by atoms with Crippen LogP contribution in [0.5, 0.6) is 5.75 Å². The van der Waals surface area contributed by atoms with Gasteiger partial charge < -0.3 is 15.6 Å². The SMILES string of the molecule is Nc1cc(Cl)cc(C=CCC=O)c1O. The second-order valence-corrected chi connectivity index (χ2v) is 3.17. The van der Waals surface area contributed by atoms with Gasteiger partial charge in [-0.2, -0.15) is 0 Å². The fourth-order valence-electron chi connectivity index (χ4n) is 1.02. The highest BCUT2D eigenvalue weighted by molar-refractivity contribution is 6.31. The first-order valence-electron chi connectivity index (χ1n) is 4.03. The maximum atomic E-state index is 10.0. The van der Waals surface area contributed by atoms with Gasteiger partial charge in [-0.15, -0.1) is 0 Å². The molecule has 4 heteroatoms. The zero-order valence-electron chi connectivity index (χ0n) is 7.40. The van der Waals surface area contributed by atoms with E-state index in [1.807, 2.05) is 0 Å². The third-order valence-corrected chi connectivity index (χ3v) is 1.88. The van der Waals surface area contributed by atoms with Gasteiger partial charge in [0.1, 0.15) is 12.0 Å². The minimum atomic E-state index is -0.0171. The van der Waals surface area contributed by atoms with Gasteiger partial charge in [0, 0.05) is 17.0 Å². The van der Waals surface area contributed by atoms with Gasteiger partial charge in [-0.3, -0.25) is 0 Å². The van der Waals surface area contributed by atoms with E-state index in [2.05, 4.69) is 0 Å². The van der Waals surface area contributed by atoms with Gasteiger partial charge in [0.25, 0.3) is 0 Å². The molecule has 1 rings (SSSR count). The minimum Gasteiger partial charge on any atom is -0.505 e. The zero-order chi connectivity index (χ0) is 10.6. The summed E-state index contributed by atoms with van der Waals surface area (Å²) in [5, 5.41) is 9.95. The van der Waals surface area contributed by atoms with Crippen LogP contribution >= 0.6 is 11.6 Å². The second-order valence-electron chi connectivity index (χ2n) is 2.74. The lowest BCUT2D eigenvalue weighted by atomic mass is 10.1. The molecule has 0 unspecified atom stereocenters. The summed E-state index contributed by atoms with van der Waals surface area (Å²) in [5.41, 5.74) is 6.22. The van der Waals surface area contributed by atoms with Gasteiger partial charge in [-0.1, -0.05) is 23.8 Å². The van der Waals surface area contributed by atoms with Crippen LogP contribution in [0.3, 0.4) is 0 Å². The molecule has 0 amide bonds. The molecule has 0 aliphatic rings. The van der Waals surface area contributed by atoms with Crippen LogP contribution in [0.25, 0.3) is 6.08 Å². The molecule has 74 valence electrons. The number of hydrogen-bond donors (Lipinski definition) is 2. The number of allylic oxidation sites excluding steroid dienone is 1. The van der Waals surface area contributed by atoms with Crippen molar-refractivity contribution in [1.82, 2.24) is 0 Å². The van der Waals surface area contributed by atoms with Crippen LogP contribution in [0.4, 0.5) is 5.69 Å². The lowest BCUT2D eigenvalue weighted by Crippen LogP contribution is -1.87. The van der Waals surface area contributed by atoms with Gasteiger partial charge in [0.15, 0.2) is 0 Å². The summed E-state index contributed by atoms with van der Waals surface area (Å²) in [6, 6.07) is 3.04. The van der Waals surface area contributed by atoms with Crippen molar-refractivity contribution in [3.63, 3.8) is 0 Å². The van der Waals surface area contributed by atoms with Crippen LogP contribution in [0.1, 0.15) is 12.0 Å². The van der Waals surface area contributed by atoms with Crippen molar-refractivity contribution in [3.8, 4) is 5.75 Å². The van der Waals surface area contributed by atoms with Crippen molar-refractivity contribution in [2.45, 2.75) is 6.42 Å². The van der Waals surface area contributed by atoms with Gasteiger partial charge in [-0.05, 0) is 12.1 Å². The van der Waals surface area contributed by atoms with E-state index in [-0.39, 0.29) is 11.4 Å². The summed E-state index contributed by atoms with van der Waals surface area (Å²) in [5.74, 6) is -0.0171. The zero-order valence-corrected chi connectivity index (χ0v) is 8.16. The summed E-state index contributed by atoms with van der Waals surface area (Å²) >= 11 is 5.74. The lowest BCUT2D eigenvalue weighted by molar-refractivity contribution is -0.107. The molecule has 0 saturated carbocycles. The number of rotatable bonds is 3. The molecule has 0 spiro atoms. The third-order valence-electron chi connectivity index (χ3n) is 1.66. The van der Waals surface area contributed by atoms with Gasteiger partial charge >= 0.3 is 0 Å². The monoisotopic (exact) mass is 211 g/mol. The fourth-order valence-corrected chi connectivity index (χ4v) is 1.25. The number of aldehydes is 1. The molecule has 0 aliphatic carbocycles. The number of carbonyl (C=O) groups is 1. The van der Waals surface area contributed by atoms with E-state index in [1.165, 1.54) is 6.07 Å². The number of halogens is 1. The minimum absolute atomic E-state index is 0.0171. The number of phenolic OH excluding ortho intramolecular Hbond substituents is 1. The van der Waals surface area contributed by atoms with Crippen molar-refractivity contribution in [2.24, 2.45) is 0 Å². The van der Waals surface area contributed by atoms with Crippen LogP contribution in [0.2, 0.25) is 5.02 Å². The predicted octanol–water partition coefficient (Wildman–Crippen LogP) is 2.23. The number of benzene rings is 1. The molecule has 0 aliphatic heterocycles. The number of aromatic hydroxyl groups is 1. The maximum absolute atomic E-state index is 10.0. The number of carbonyl (C=O) groups excluding carboxylic acids is 1. The summed E-state index contributed by atoms with van der Waals surface area (Å²) < 4.78 is 0. The van der Waals surface area contributed by atoms with Crippen LogP contribution in [-0.2, 0) is 4.79 Å². The Labute approximate surface area is 86.8 Å². The van der Waals surface area contributed by atoms with Crippen molar-refractivity contribution < 1.29 is 9.90 Å². The standard InChI is InChI=1S/C10H10ClNO2/c11-8-5-7(3-1-2-4-13)10(14)9(12)6-8/h1,3-6,14H,2,12H2. The first-order chi connectivity index (χ1) is 6.65. The molecule has 0 saturated heterocycles. The van der Waals surface area contributed by atoms with E-state index in [9.17, 15) is 9.90 Å². The van der Waals surface area contributed by atoms with Gasteiger partial charge in [0.05, 0.1) is 5.69 Å². The number of nitrogens with two attached hydrogens (primary N) is 1. The topological polar surface area (TPSA) is 63.3 Å². The molecular formula is C10H10ClNO2. The Morgan fingerprint density at radius 1 is 1.50 bits per heavy atom. The summed E-state index contributed by atoms with van der Waals surface area (Å²) in [6.45, 7) is 0. The molecule has 3 N–H and O–H groups in total. The second kappa shape index (κ2) is 4.67. The average Bonchev–Trinajstić information content (AvgIpc) is 2.13. The van der Waals surface area contributed by atoms with Crippen molar-refractivity contribution in [2.75, 3.05) is 5.73 Å². The first kappa shape index (κ1) is 10.6. The third kappa shape index (κ3) is 2.50. The molecule has 0 atom stereocenters. The molecule has 1 aromatic rings. The molecule has 0 heterocycles. The van der Waals surface area contributed by atoms with Crippen LogP contribution in [-0.4, -0.2) is 11.4 Å². The van der Waals surface area contributed by atoms with Crippen molar-refractivity contribution in [3.05, 3.63) is 28.8 Å². The van der Waals surface area contributed by atoms with E-state index in [0.717, 1.165) is 6.29 Å². The molecule has 0 aromatic heterocycles. The molecule has 1 aromatic carbocycles. The molecule has 0 radical (unpaired) electrons. The summed E-state index contributed by atoms with van der Waals surface area (Å²) in [4.78, 5) is 10.0. The largest absolute Gasteiger partial charge is 0.505 e. The van der Waals surface area contributed by atoms with Crippen LogP contribution in [0, 0.1) is 0 Å². The van der Waals surface area contributed by atoms with E-state index in [4.69, 9.17) is 17.3 Å². The Balaban J connectivity index is 3.01. The fraction of sp³-hybridized carbons (Fsp3) is 0.100. The quantitative estimate of drug-likeness (QED) is 0.458. The first-order valence-corrected chi connectivity index (χ1v) is 4.41. The van der Waals surface area contributed by atoms with Gasteiger partial charge in [0.2, 0.25) is 0 Å². The van der Waals surface area contributed by atoms with Crippen molar-refractivity contribution >= 4 is 29.7 Å². The Bertz CT molecular complexity index is 375. The molecular weight excluding hydrogens is 202 g/mol. The number of hydrogen-bond acceptors (Lipinski definition) is 3. The number of phenols is 1. The predicted molar refractivity (Wildman–Crippen MR) is 57.2 cm³/mol. The maximum Gasteiger partial charge on any atom is 0.145 e. The Morgan fingerprint density at radius 2 is 2.21 bits per heavy atom. The van der Waals surface area contributed by atoms with E-state index in [0.29, 0.717) is 17.0 Å². The highest BCUT2D eigenvalue weighted by atomic mass is 35.5. The molecule has 0 bridgehead atoms. The number of nitrogen functional groups attached to an aromatic ring is 1. The van der Waals surface area contributed by atoms with Crippen LogP contribution < -0.4 is 5.73 Å². The average molecular weight is 212 g/mol. The van der Waals surface area contributed by atoms with Gasteiger partial charge in [-0.25, -0.2) is 0 Å². The Morgan fingerprint density at radius 3 is 2.86 bits per heavy atom.